The monoisotopic (exact) mass is 1810 g/mol. The highest BCUT2D eigenvalue weighted by molar-refractivity contribution is 5.95. The largest absolute Gasteiger partial charge is 0.508 e. The smallest absolute Gasteiger partial charge is 0.426 e. The van der Waals surface area contributed by atoms with E-state index in [1.54, 1.807) is 108 Å². The van der Waals surface area contributed by atoms with Crippen molar-refractivity contribution < 1.29 is 156 Å². The molecule has 4 fully saturated rings. The van der Waals surface area contributed by atoms with Crippen molar-refractivity contribution in [1.82, 2.24) is 0 Å². The van der Waals surface area contributed by atoms with E-state index in [2.05, 4.69) is 18.6 Å². The number of aliphatic carboxylic acids is 2. The third-order valence-electron chi connectivity index (χ3n) is 26.0. The van der Waals surface area contributed by atoms with E-state index in [4.69, 9.17) is 39.0 Å². The molecule has 2 aliphatic heterocycles. The minimum absolute atomic E-state index is 0.0301. The average molecular weight is 1810 g/mol. The molecule has 2 saturated heterocycles. The first kappa shape index (κ1) is 110. The second-order valence-corrected chi connectivity index (χ2v) is 37.1. The number of ether oxygens (including phenoxy) is 6. The van der Waals surface area contributed by atoms with Gasteiger partial charge in [0.1, 0.15) is 46.4 Å². The lowest BCUT2D eigenvalue weighted by Crippen LogP contribution is -2.60. The van der Waals surface area contributed by atoms with E-state index in [1.807, 2.05) is 54.5 Å². The van der Waals surface area contributed by atoms with Crippen LogP contribution in [0.1, 0.15) is 262 Å². The number of aromatic hydroxyl groups is 1. The molecule has 21 nitrogen and oxygen atoms in total. The molecule has 5 aliphatic rings. The number of carboxylic acid groups (broad SMARTS) is 2. The number of phenols is 1. The van der Waals surface area contributed by atoms with Gasteiger partial charge in [-0.05, 0) is 253 Å². The number of hydrogen-bond donors (Lipinski definition) is 8. The van der Waals surface area contributed by atoms with Gasteiger partial charge >= 0.3 is 66.5 Å². The van der Waals surface area contributed by atoms with E-state index in [9.17, 15) is 112 Å². The van der Waals surface area contributed by atoms with Crippen molar-refractivity contribution in [2.45, 2.75) is 299 Å². The molecule has 3 aliphatic carbocycles. The molecule has 1 spiro atoms. The second kappa shape index (κ2) is 41.3. The number of halogens is 12. The first-order chi connectivity index (χ1) is 57.4. The number of carbonyl (C=O) groups excluding carboxylic acids is 5. The molecule has 33 heteroatoms. The Morgan fingerprint density at radius 1 is 0.540 bits per heavy atom. The lowest BCUT2D eigenvalue weighted by atomic mass is 9.70. The maximum atomic E-state index is 13.2. The Morgan fingerprint density at radius 3 is 1.41 bits per heavy atom. The van der Waals surface area contributed by atoms with Crippen LogP contribution in [-0.2, 0) is 63.7 Å². The molecular weight excluding hydrogens is 1680 g/mol. The first-order valence-corrected chi connectivity index (χ1v) is 41.8. The lowest BCUT2D eigenvalue weighted by Gasteiger charge is -2.39. The third kappa shape index (κ3) is 26.0. The Kier molecular flexibility index (Phi) is 35.9. The maximum Gasteiger partial charge on any atom is 0.426 e. The van der Waals surface area contributed by atoms with Gasteiger partial charge in [-0.1, -0.05) is 116 Å². The number of carbonyl (C=O) groups is 7. The van der Waals surface area contributed by atoms with Gasteiger partial charge in [0.05, 0.1) is 52.6 Å². The molecule has 0 aromatic heterocycles. The number of hydrogen-bond acceptors (Lipinski definition) is 19. The van der Waals surface area contributed by atoms with Crippen LogP contribution in [0.15, 0.2) is 109 Å². The van der Waals surface area contributed by atoms with Crippen molar-refractivity contribution in [3.05, 3.63) is 131 Å². The Bertz CT molecular complexity index is 4470. The van der Waals surface area contributed by atoms with Crippen molar-refractivity contribution in [1.29, 1.82) is 0 Å². The van der Waals surface area contributed by atoms with Gasteiger partial charge in [-0.15, -0.1) is 0 Å². The van der Waals surface area contributed by atoms with Gasteiger partial charge in [-0.2, -0.15) is 52.7 Å². The summed E-state index contributed by atoms with van der Waals surface area (Å²) >= 11 is 0. The summed E-state index contributed by atoms with van der Waals surface area (Å²) in [6, 6.07) is 28.8. The van der Waals surface area contributed by atoms with Crippen LogP contribution in [0.5, 0.6) is 23.0 Å². The normalized spacial score (nSPS) is 23.9. The van der Waals surface area contributed by atoms with E-state index < -0.39 is 128 Å². The summed E-state index contributed by atoms with van der Waals surface area (Å²) in [5.41, 5.74) is -16.9. The van der Waals surface area contributed by atoms with Crippen LogP contribution >= 0.6 is 0 Å². The number of cyclic esters (lactones) is 1. The Hall–Kier alpha value is -8.79. The number of rotatable bonds is 24. The maximum absolute atomic E-state index is 13.2. The molecule has 0 amide bonds. The van der Waals surface area contributed by atoms with E-state index in [0.717, 1.165) is 43.2 Å². The summed E-state index contributed by atoms with van der Waals surface area (Å²) in [5, 5.41) is 75.4. The molecule has 5 aromatic rings. The quantitative estimate of drug-likeness (QED) is 0.0123. The van der Waals surface area contributed by atoms with Crippen molar-refractivity contribution >= 4 is 52.6 Å². The Balaban J connectivity index is 0.000000317. The van der Waals surface area contributed by atoms with Gasteiger partial charge in [0.15, 0.2) is 11.2 Å². The minimum Gasteiger partial charge on any atom is -0.508 e. The number of alkyl halides is 12. The van der Waals surface area contributed by atoms with Gasteiger partial charge in [-0.3, -0.25) is 33.6 Å². The van der Waals surface area contributed by atoms with Crippen LogP contribution < -0.4 is 9.47 Å². The highest BCUT2D eigenvalue weighted by atomic mass is 19.4. The number of esters is 5. The molecule has 10 rings (SSSR count). The SMILES string of the molecule is CC1c2cccc3c(C(C)(O)C(F)(F)F)ccc(c23)C1C.CCC(C)(C)C(=O)O.CCC(C)(C)C(=O)OCC(C)(O)CC(=O)OC.CCC(C)(C)C(=O)Oc1ccc(Oc2ccc(O)cc2)cc1.CCC(C)(CO)C(=O)O.CCC1(C)CC(CC(O)(C(F)(F)F)C(F)(F)F)(c2ccccc2)OC1=O.CCC1(C)CC2(CC3CC2CC3CC(C)(O)C(F)(F)F)OC1=O. The molecule has 126 heavy (non-hydrogen) atoms. The van der Waals surface area contributed by atoms with Gasteiger partial charge in [-0.25, -0.2) is 0 Å². The zero-order chi connectivity index (χ0) is 97.0. The topological polar surface area (TPSA) is 337 Å². The van der Waals surface area contributed by atoms with Crippen LogP contribution in [0, 0.1) is 50.2 Å². The number of fused-ring (bicyclic) bond motifs is 3. The van der Waals surface area contributed by atoms with E-state index >= 15 is 0 Å². The molecular formula is C93H126F12O21. The number of methoxy groups -OCH3 is 1. The molecule has 5 aromatic carbocycles. The standard InChI is InChI=1S/C18H20O4.C17H18F6O3.C17H25F3O3.C17H17F3O.C12H22O5.C6H12O3.C6H12O2/c1-4-18(2,3)17(20)22-16-11-9-15(10-12-16)21-14-7-5-13(19)6-8-14;1-3-13(2)9-14(26-12(13)24,11-7-5-4-6-8-11)10-15(25,16(18,19)20)17(21,22)23;1-4-14(2)9-16(23-13(14)21)8-11-6-12(16)5-10(11)7-15(3,22)17(18,19)20;1-9-10(2)12-7-8-14(16(3,21)17(18,19)20)13-6-4-5-11(9)15(12)13;1-6-11(2,3)10(14)17-8-12(4,15)7-9(13)16-5;1-3-6(2,4-7)5(8)9;1-4-6(2,3)5(7)8/h5-12,19H,4H2,1-3H3;4-8,25H,3,9-10H2,1-2H3;10-12,22H,4-9H2,1-3H3;4-10,21H,1-3H3;15H,6-8H2,1-5H3;7H,3-4H2,1-2H3,(H,8,9);4H2,1-3H3,(H,7,8). The molecule has 708 valence electrons. The number of carboxylic acids is 2. The predicted molar refractivity (Wildman–Crippen MR) is 444 cm³/mol. The minimum atomic E-state index is -6.00. The summed E-state index contributed by atoms with van der Waals surface area (Å²) < 4.78 is 189. The van der Waals surface area contributed by atoms with Crippen LogP contribution in [0.3, 0.4) is 0 Å². The summed E-state index contributed by atoms with van der Waals surface area (Å²) in [6.45, 7) is 33.3. The molecule has 8 N–H and O–H groups in total. The Labute approximate surface area is 728 Å². The summed E-state index contributed by atoms with van der Waals surface area (Å²) in [4.78, 5) is 79.7. The van der Waals surface area contributed by atoms with Crippen molar-refractivity contribution in [2.75, 3.05) is 20.3 Å². The molecule has 2 bridgehead atoms. The molecule has 0 radical (unpaired) electrons. The van der Waals surface area contributed by atoms with E-state index in [-0.39, 0.29) is 96.9 Å². The number of aliphatic hydroxyl groups excluding tert-OH is 1. The lowest BCUT2D eigenvalue weighted by molar-refractivity contribution is -0.378. The fraction of sp³-hybridized carbons (Fsp3) is 0.624. The van der Waals surface area contributed by atoms with Gasteiger partial charge < -0.3 is 69.3 Å². The van der Waals surface area contributed by atoms with Crippen molar-refractivity contribution in [2.24, 2.45) is 50.2 Å². The van der Waals surface area contributed by atoms with Crippen LogP contribution in [0.2, 0.25) is 0 Å². The zero-order valence-corrected chi connectivity index (χ0v) is 75.5. The fourth-order valence-corrected chi connectivity index (χ4v) is 14.7. The second-order valence-electron chi connectivity index (χ2n) is 37.1. The molecule has 13 atom stereocenters. The highest BCUT2D eigenvalue weighted by Gasteiger charge is 2.74. The summed E-state index contributed by atoms with van der Waals surface area (Å²) in [7, 11) is 1.24. The van der Waals surface area contributed by atoms with Crippen molar-refractivity contribution in [3.8, 4) is 23.0 Å². The van der Waals surface area contributed by atoms with Crippen LogP contribution in [-0.4, -0.2) is 150 Å². The molecule has 13 unspecified atom stereocenters. The highest BCUT2D eigenvalue weighted by Crippen LogP contribution is 2.64. The molecule has 2 heterocycles. The average Bonchev–Trinajstić information content (AvgIpc) is 1.54. The first-order valence-electron chi connectivity index (χ1n) is 41.8. The predicted octanol–water partition coefficient (Wildman–Crippen LogP) is 21.0. The van der Waals surface area contributed by atoms with Gasteiger partial charge in [0.2, 0.25) is 0 Å². The number of benzene rings is 5. The van der Waals surface area contributed by atoms with Gasteiger partial charge in [0.25, 0.3) is 5.60 Å². The van der Waals surface area contributed by atoms with Gasteiger partial charge in [0, 0.05) is 24.8 Å². The van der Waals surface area contributed by atoms with Crippen molar-refractivity contribution in [3.63, 3.8) is 0 Å². The fourth-order valence-electron chi connectivity index (χ4n) is 14.7. The third-order valence-corrected chi connectivity index (χ3v) is 26.0. The summed E-state index contributed by atoms with van der Waals surface area (Å²) in [6.07, 6.45) is -17.9. The Morgan fingerprint density at radius 2 is 1.02 bits per heavy atom. The summed E-state index contributed by atoms with van der Waals surface area (Å²) in [5.74, 6) is -1.31. The van der Waals surface area contributed by atoms with Crippen LogP contribution in [0.4, 0.5) is 52.7 Å². The molecule has 2 saturated carbocycles. The van der Waals surface area contributed by atoms with E-state index in [1.165, 1.54) is 64.3 Å². The zero-order valence-electron chi connectivity index (χ0n) is 75.5. The van der Waals surface area contributed by atoms with E-state index in [0.29, 0.717) is 67.6 Å². The number of phenolic OH excluding ortho intramolecular Hbond substituents is 1. The van der Waals surface area contributed by atoms with Crippen LogP contribution in [0.25, 0.3) is 10.8 Å². The number of aliphatic hydroxyl groups is 5.